The Balaban J connectivity index is 1.88. The standard InChI is InChI=1S/C17H15ClN2O3/c1-23-16(21)13-5-7-15(8-6-13)20-17(22)19-10-9-12-3-2-4-14(18)11-12/h2-11H,1H3,(H2,19,20,22)/b10-9+. The van der Waals surface area contributed by atoms with Crippen LogP contribution < -0.4 is 10.6 Å². The average Bonchev–Trinajstić information content (AvgIpc) is 2.55. The first-order valence-corrected chi connectivity index (χ1v) is 7.14. The Bertz CT molecular complexity index is 727. The summed E-state index contributed by atoms with van der Waals surface area (Å²) in [5.74, 6) is -0.426. The molecular formula is C17H15ClN2O3. The molecule has 0 spiro atoms. The molecule has 0 aromatic heterocycles. The van der Waals surface area contributed by atoms with Gasteiger partial charge in [-0.05, 0) is 48.0 Å². The fourth-order valence-electron chi connectivity index (χ4n) is 1.80. The van der Waals surface area contributed by atoms with Gasteiger partial charge in [0.25, 0.3) is 0 Å². The van der Waals surface area contributed by atoms with Crippen molar-refractivity contribution in [1.29, 1.82) is 0 Å². The summed E-state index contributed by atoms with van der Waals surface area (Å²) in [7, 11) is 1.31. The monoisotopic (exact) mass is 330 g/mol. The van der Waals surface area contributed by atoms with Crippen molar-refractivity contribution in [3.05, 3.63) is 70.9 Å². The summed E-state index contributed by atoms with van der Waals surface area (Å²) in [5, 5.41) is 5.85. The van der Waals surface area contributed by atoms with E-state index in [4.69, 9.17) is 11.6 Å². The number of methoxy groups -OCH3 is 1. The molecule has 118 valence electrons. The van der Waals surface area contributed by atoms with E-state index in [1.807, 2.05) is 12.1 Å². The van der Waals surface area contributed by atoms with Crippen LogP contribution >= 0.6 is 11.6 Å². The van der Waals surface area contributed by atoms with Gasteiger partial charge in [-0.15, -0.1) is 0 Å². The van der Waals surface area contributed by atoms with Crippen molar-refractivity contribution in [3.63, 3.8) is 0 Å². The topological polar surface area (TPSA) is 67.4 Å². The molecule has 2 aromatic carbocycles. The van der Waals surface area contributed by atoms with Gasteiger partial charge in [-0.1, -0.05) is 23.7 Å². The van der Waals surface area contributed by atoms with Crippen molar-refractivity contribution in [2.75, 3.05) is 12.4 Å². The molecule has 6 heteroatoms. The van der Waals surface area contributed by atoms with Crippen LogP contribution in [0, 0.1) is 0 Å². The highest BCUT2D eigenvalue weighted by Crippen LogP contribution is 2.12. The predicted molar refractivity (Wildman–Crippen MR) is 90.4 cm³/mol. The summed E-state index contributed by atoms with van der Waals surface area (Å²) in [6.07, 6.45) is 3.25. The van der Waals surface area contributed by atoms with Crippen LogP contribution in [0.25, 0.3) is 6.08 Å². The number of carbonyl (C=O) groups excluding carboxylic acids is 2. The summed E-state index contributed by atoms with van der Waals surface area (Å²) in [5.41, 5.74) is 1.85. The summed E-state index contributed by atoms with van der Waals surface area (Å²) < 4.78 is 4.60. The molecule has 0 aliphatic carbocycles. The molecule has 0 atom stereocenters. The van der Waals surface area contributed by atoms with Gasteiger partial charge in [0.15, 0.2) is 0 Å². The molecule has 2 rings (SSSR count). The third-order valence-electron chi connectivity index (χ3n) is 2.90. The zero-order valence-electron chi connectivity index (χ0n) is 12.4. The molecule has 0 radical (unpaired) electrons. The van der Waals surface area contributed by atoms with Crippen molar-refractivity contribution in [3.8, 4) is 0 Å². The van der Waals surface area contributed by atoms with Crippen molar-refractivity contribution < 1.29 is 14.3 Å². The van der Waals surface area contributed by atoms with Crippen LogP contribution in [0.3, 0.4) is 0 Å². The van der Waals surface area contributed by atoms with Crippen LogP contribution in [0.5, 0.6) is 0 Å². The maximum atomic E-state index is 11.8. The summed E-state index contributed by atoms with van der Waals surface area (Å²) in [6.45, 7) is 0. The molecule has 0 saturated carbocycles. The number of hydrogen-bond acceptors (Lipinski definition) is 3. The SMILES string of the molecule is COC(=O)c1ccc(NC(=O)N/C=C/c2cccc(Cl)c2)cc1. The van der Waals surface area contributed by atoms with Crippen molar-refractivity contribution >= 4 is 35.4 Å². The van der Waals surface area contributed by atoms with Crippen LogP contribution in [0.2, 0.25) is 5.02 Å². The van der Waals surface area contributed by atoms with Crippen molar-refractivity contribution in [2.24, 2.45) is 0 Å². The van der Waals surface area contributed by atoms with Gasteiger partial charge in [0.2, 0.25) is 0 Å². The zero-order valence-corrected chi connectivity index (χ0v) is 13.1. The van der Waals surface area contributed by atoms with E-state index in [-0.39, 0.29) is 0 Å². The van der Waals surface area contributed by atoms with Gasteiger partial charge >= 0.3 is 12.0 Å². The number of hydrogen-bond donors (Lipinski definition) is 2. The van der Waals surface area contributed by atoms with E-state index in [1.54, 1.807) is 42.5 Å². The van der Waals surface area contributed by atoms with Crippen molar-refractivity contribution in [2.45, 2.75) is 0 Å². The zero-order chi connectivity index (χ0) is 16.7. The molecule has 23 heavy (non-hydrogen) atoms. The van der Waals surface area contributed by atoms with Crippen LogP contribution in [-0.4, -0.2) is 19.1 Å². The van der Waals surface area contributed by atoms with Gasteiger partial charge in [0.1, 0.15) is 0 Å². The molecular weight excluding hydrogens is 316 g/mol. The highest BCUT2D eigenvalue weighted by molar-refractivity contribution is 6.30. The number of benzene rings is 2. The molecule has 2 amide bonds. The number of urea groups is 1. The average molecular weight is 331 g/mol. The number of amides is 2. The molecule has 0 aliphatic rings. The van der Waals surface area contributed by atoms with Crippen LogP contribution in [0.4, 0.5) is 10.5 Å². The minimum Gasteiger partial charge on any atom is -0.465 e. The molecule has 5 nitrogen and oxygen atoms in total. The minimum absolute atomic E-state index is 0.394. The lowest BCUT2D eigenvalue weighted by molar-refractivity contribution is 0.0601. The molecule has 0 saturated heterocycles. The Morgan fingerprint density at radius 2 is 1.87 bits per heavy atom. The molecule has 0 aliphatic heterocycles. The quantitative estimate of drug-likeness (QED) is 0.835. The van der Waals surface area contributed by atoms with E-state index in [9.17, 15) is 9.59 Å². The van der Waals surface area contributed by atoms with Gasteiger partial charge < -0.3 is 15.4 Å². The van der Waals surface area contributed by atoms with Gasteiger partial charge in [0, 0.05) is 16.9 Å². The second-order valence-corrected chi connectivity index (χ2v) is 4.99. The Morgan fingerprint density at radius 1 is 1.13 bits per heavy atom. The smallest absolute Gasteiger partial charge is 0.337 e. The summed E-state index contributed by atoms with van der Waals surface area (Å²) >= 11 is 5.87. The normalized spacial score (nSPS) is 10.3. The number of halogens is 1. The van der Waals surface area contributed by atoms with Gasteiger partial charge in [-0.25, -0.2) is 9.59 Å². The Morgan fingerprint density at radius 3 is 2.52 bits per heavy atom. The minimum atomic E-state index is -0.426. The van der Waals surface area contributed by atoms with E-state index in [0.29, 0.717) is 16.3 Å². The Labute approximate surface area is 138 Å². The molecule has 0 bridgehead atoms. The van der Waals surface area contributed by atoms with Crippen LogP contribution in [0.1, 0.15) is 15.9 Å². The number of esters is 1. The van der Waals surface area contributed by atoms with E-state index >= 15 is 0 Å². The second-order valence-electron chi connectivity index (χ2n) is 4.56. The fraction of sp³-hybridized carbons (Fsp3) is 0.0588. The lowest BCUT2D eigenvalue weighted by atomic mass is 10.2. The first kappa shape index (κ1) is 16.6. The molecule has 2 aromatic rings. The van der Waals surface area contributed by atoms with Crippen molar-refractivity contribution in [1.82, 2.24) is 5.32 Å². The number of carbonyl (C=O) groups is 2. The maximum Gasteiger partial charge on any atom is 0.337 e. The molecule has 0 fully saturated rings. The Kier molecular flexibility index (Phi) is 5.77. The number of anilines is 1. The van der Waals surface area contributed by atoms with Gasteiger partial charge in [-0.2, -0.15) is 0 Å². The fourth-order valence-corrected chi connectivity index (χ4v) is 2.00. The van der Waals surface area contributed by atoms with E-state index in [1.165, 1.54) is 13.3 Å². The molecule has 2 N–H and O–H groups in total. The number of ether oxygens (including phenoxy) is 1. The first-order valence-electron chi connectivity index (χ1n) is 6.76. The lowest BCUT2D eigenvalue weighted by Gasteiger charge is -2.05. The van der Waals surface area contributed by atoms with E-state index < -0.39 is 12.0 Å². The highest BCUT2D eigenvalue weighted by atomic mass is 35.5. The first-order chi connectivity index (χ1) is 11.1. The van der Waals surface area contributed by atoms with Gasteiger partial charge in [-0.3, -0.25) is 0 Å². The maximum absolute atomic E-state index is 11.8. The summed E-state index contributed by atoms with van der Waals surface area (Å²) in [6, 6.07) is 13.2. The van der Waals surface area contributed by atoms with E-state index in [2.05, 4.69) is 15.4 Å². The highest BCUT2D eigenvalue weighted by Gasteiger charge is 2.05. The molecule has 0 unspecified atom stereocenters. The van der Waals surface area contributed by atoms with Crippen LogP contribution in [-0.2, 0) is 4.74 Å². The third kappa shape index (κ3) is 5.16. The number of rotatable bonds is 4. The summed E-state index contributed by atoms with van der Waals surface area (Å²) in [4.78, 5) is 23.1. The van der Waals surface area contributed by atoms with E-state index in [0.717, 1.165) is 5.56 Å². The predicted octanol–water partition coefficient (Wildman–Crippen LogP) is 3.92. The second kappa shape index (κ2) is 8.00. The number of nitrogens with one attached hydrogen (secondary N) is 2. The molecule has 0 heterocycles. The van der Waals surface area contributed by atoms with Gasteiger partial charge in [0.05, 0.1) is 12.7 Å². The van der Waals surface area contributed by atoms with Crippen LogP contribution in [0.15, 0.2) is 54.7 Å². The largest absolute Gasteiger partial charge is 0.465 e. The third-order valence-corrected chi connectivity index (χ3v) is 3.14. The Hall–Kier alpha value is -2.79. The lowest BCUT2D eigenvalue weighted by Crippen LogP contribution is -2.23.